The highest BCUT2D eigenvalue weighted by atomic mass is 16.5. The van der Waals surface area contributed by atoms with Gasteiger partial charge in [-0.15, -0.1) is 10.2 Å². The summed E-state index contributed by atoms with van der Waals surface area (Å²) >= 11 is 0. The Kier molecular flexibility index (Phi) is 6.04. The Hall–Kier alpha value is -3.75. The van der Waals surface area contributed by atoms with E-state index in [4.69, 9.17) is 4.74 Å². The SMILES string of the molecule is COc1cc2c(cc1C(=O)Nc1cccc(-c3nnc4n3C(C)(C)CC4)n1)CN(C(=O)C(C)(C)C)CC2. The van der Waals surface area contributed by atoms with Gasteiger partial charge in [-0.3, -0.25) is 9.59 Å². The molecule has 0 atom stereocenters. The lowest BCUT2D eigenvalue weighted by atomic mass is 9.91. The standard InChI is InChI=1S/C28H34N6O3/c1-27(2,3)26(36)33-13-11-17-15-21(37-6)19(14-18(17)16-33)25(35)30-22-9-7-8-20(29-22)24-32-31-23-10-12-28(4,5)34(23)24/h7-9,14-15H,10-13,16H2,1-6H3,(H,29,30,35). The number of ether oxygens (including phenoxy) is 1. The number of hydrogen-bond acceptors (Lipinski definition) is 6. The summed E-state index contributed by atoms with van der Waals surface area (Å²) < 4.78 is 7.71. The maximum Gasteiger partial charge on any atom is 0.260 e. The number of anilines is 1. The monoisotopic (exact) mass is 502 g/mol. The van der Waals surface area contributed by atoms with Gasteiger partial charge in [0.15, 0.2) is 5.82 Å². The van der Waals surface area contributed by atoms with Crippen LogP contribution in [0.15, 0.2) is 30.3 Å². The Morgan fingerprint density at radius 1 is 1.08 bits per heavy atom. The molecule has 194 valence electrons. The summed E-state index contributed by atoms with van der Waals surface area (Å²) in [5.41, 5.74) is 2.56. The number of rotatable bonds is 4. The molecule has 0 aliphatic carbocycles. The van der Waals surface area contributed by atoms with E-state index in [-0.39, 0.29) is 17.4 Å². The first-order chi connectivity index (χ1) is 17.5. The summed E-state index contributed by atoms with van der Waals surface area (Å²) in [6.45, 7) is 11.2. The molecule has 2 amide bonds. The lowest BCUT2D eigenvalue weighted by Crippen LogP contribution is -2.42. The van der Waals surface area contributed by atoms with E-state index < -0.39 is 5.41 Å². The van der Waals surface area contributed by atoms with Gasteiger partial charge in [-0.25, -0.2) is 4.98 Å². The maximum absolute atomic E-state index is 13.4. The quantitative estimate of drug-likeness (QED) is 0.573. The second kappa shape index (κ2) is 8.97. The predicted molar refractivity (Wildman–Crippen MR) is 140 cm³/mol. The fourth-order valence-electron chi connectivity index (χ4n) is 5.20. The average molecular weight is 503 g/mol. The lowest BCUT2D eigenvalue weighted by Gasteiger charge is -2.34. The van der Waals surface area contributed by atoms with Crippen molar-refractivity contribution in [3.05, 3.63) is 52.8 Å². The van der Waals surface area contributed by atoms with E-state index in [0.29, 0.717) is 41.7 Å². The van der Waals surface area contributed by atoms with Crippen LogP contribution in [-0.2, 0) is 29.7 Å². The van der Waals surface area contributed by atoms with Gasteiger partial charge in [0.2, 0.25) is 5.91 Å². The van der Waals surface area contributed by atoms with Crippen LogP contribution >= 0.6 is 0 Å². The fraction of sp³-hybridized carbons (Fsp3) is 0.464. The third-order valence-electron chi connectivity index (χ3n) is 7.22. The summed E-state index contributed by atoms with van der Waals surface area (Å²) in [7, 11) is 1.56. The number of hydrogen-bond donors (Lipinski definition) is 1. The highest BCUT2D eigenvalue weighted by molar-refractivity contribution is 6.06. The first kappa shape index (κ1) is 24.9. The van der Waals surface area contributed by atoms with Gasteiger partial charge in [-0.2, -0.15) is 0 Å². The molecule has 0 saturated carbocycles. The largest absolute Gasteiger partial charge is 0.496 e. The van der Waals surface area contributed by atoms with Gasteiger partial charge in [0.1, 0.15) is 23.1 Å². The first-order valence-corrected chi connectivity index (χ1v) is 12.7. The van der Waals surface area contributed by atoms with E-state index >= 15 is 0 Å². The van der Waals surface area contributed by atoms with Crippen LogP contribution in [0.2, 0.25) is 0 Å². The minimum Gasteiger partial charge on any atom is -0.496 e. The number of methoxy groups -OCH3 is 1. The first-order valence-electron chi connectivity index (χ1n) is 12.7. The highest BCUT2D eigenvalue weighted by Crippen LogP contribution is 2.35. The van der Waals surface area contributed by atoms with Crippen LogP contribution < -0.4 is 10.1 Å². The normalized spacial score (nSPS) is 16.2. The highest BCUT2D eigenvalue weighted by Gasteiger charge is 2.34. The van der Waals surface area contributed by atoms with Crippen molar-refractivity contribution in [1.82, 2.24) is 24.6 Å². The summed E-state index contributed by atoms with van der Waals surface area (Å²) in [5, 5.41) is 11.6. The van der Waals surface area contributed by atoms with Crippen molar-refractivity contribution >= 4 is 17.6 Å². The van der Waals surface area contributed by atoms with E-state index in [1.165, 1.54) is 0 Å². The number of aromatic nitrogens is 4. The van der Waals surface area contributed by atoms with Crippen LogP contribution in [-0.4, -0.2) is 50.1 Å². The van der Waals surface area contributed by atoms with E-state index in [2.05, 4.69) is 38.9 Å². The van der Waals surface area contributed by atoms with Crippen LogP contribution in [0.25, 0.3) is 11.5 Å². The van der Waals surface area contributed by atoms with Gasteiger partial charge >= 0.3 is 0 Å². The number of pyridine rings is 1. The number of benzene rings is 1. The van der Waals surface area contributed by atoms with Crippen LogP contribution in [0.4, 0.5) is 5.82 Å². The van der Waals surface area contributed by atoms with Crippen LogP contribution in [0.5, 0.6) is 5.75 Å². The van der Waals surface area contributed by atoms with E-state index in [1.54, 1.807) is 13.2 Å². The molecule has 0 fully saturated rings. The van der Waals surface area contributed by atoms with Crippen molar-refractivity contribution in [2.75, 3.05) is 19.0 Å². The topological polar surface area (TPSA) is 102 Å². The third kappa shape index (κ3) is 4.58. The van der Waals surface area contributed by atoms with E-state index in [0.717, 1.165) is 36.2 Å². The van der Waals surface area contributed by atoms with Crippen molar-refractivity contribution < 1.29 is 14.3 Å². The molecule has 5 rings (SSSR count). The minimum atomic E-state index is -0.458. The molecule has 3 aromatic rings. The second-order valence-electron chi connectivity index (χ2n) is 11.5. The van der Waals surface area contributed by atoms with Gasteiger partial charge in [-0.1, -0.05) is 26.8 Å². The molecule has 2 aliphatic heterocycles. The number of nitrogens with one attached hydrogen (secondary N) is 1. The van der Waals surface area contributed by atoms with Crippen molar-refractivity contribution in [3.63, 3.8) is 0 Å². The van der Waals surface area contributed by atoms with Crippen LogP contribution in [0.3, 0.4) is 0 Å². The summed E-state index contributed by atoms with van der Waals surface area (Å²) in [5.74, 6) is 2.34. The number of fused-ring (bicyclic) bond motifs is 2. The summed E-state index contributed by atoms with van der Waals surface area (Å²) in [4.78, 5) is 32.8. The molecule has 0 saturated heterocycles. The molecule has 0 radical (unpaired) electrons. The van der Waals surface area contributed by atoms with Crippen molar-refractivity contribution in [2.45, 2.75) is 66.0 Å². The predicted octanol–water partition coefficient (Wildman–Crippen LogP) is 4.21. The Bertz CT molecular complexity index is 1390. The molecule has 0 spiro atoms. The Morgan fingerprint density at radius 3 is 2.59 bits per heavy atom. The maximum atomic E-state index is 13.4. The molecule has 2 aliphatic rings. The molecule has 1 N–H and O–H groups in total. The molecule has 9 heteroatoms. The Morgan fingerprint density at radius 2 is 1.86 bits per heavy atom. The second-order valence-corrected chi connectivity index (χ2v) is 11.5. The molecule has 1 aromatic carbocycles. The molecule has 0 unspecified atom stereocenters. The Labute approximate surface area is 217 Å². The fourth-order valence-corrected chi connectivity index (χ4v) is 5.20. The van der Waals surface area contributed by atoms with Gasteiger partial charge in [-0.05, 0) is 62.1 Å². The van der Waals surface area contributed by atoms with Gasteiger partial charge in [0.25, 0.3) is 5.91 Å². The number of nitrogens with zero attached hydrogens (tertiary/aromatic N) is 5. The molecule has 37 heavy (non-hydrogen) atoms. The molecule has 9 nitrogen and oxygen atoms in total. The summed E-state index contributed by atoms with van der Waals surface area (Å²) in [6, 6.07) is 9.23. The average Bonchev–Trinajstić information content (AvgIpc) is 3.43. The van der Waals surface area contributed by atoms with Crippen molar-refractivity contribution in [3.8, 4) is 17.3 Å². The molecular formula is C28H34N6O3. The van der Waals surface area contributed by atoms with Crippen LogP contribution in [0.1, 0.15) is 68.3 Å². The number of carbonyl (C=O) groups excluding carboxylic acids is 2. The Balaban J connectivity index is 1.41. The third-order valence-corrected chi connectivity index (χ3v) is 7.22. The zero-order chi connectivity index (χ0) is 26.5. The molecule has 0 bridgehead atoms. The van der Waals surface area contributed by atoms with E-state index in [9.17, 15) is 9.59 Å². The zero-order valence-electron chi connectivity index (χ0n) is 22.4. The molecular weight excluding hydrogens is 468 g/mol. The van der Waals surface area contributed by atoms with Gasteiger partial charge < -0.3 is 19.5 Å². The van der Waals surface area contributed by atoms with Gasteiger partial charge in [0.05, 0.1) is 12.7 Å². The van der Waals surface area contributed by atoms with Crippen molar-refractivity contribution in [1.29, 1.82) is 0 Å². The smallest absolute Gasteiger partial charge is 0.260 e. The van der Waals surface area contributed by atoms with Crippen molar-refractivity contribution in [2.24, 2.45) is 5.41 Å². The molecule has 2 aromatic heterocycles. The lowest BCUT2D eigenvalue weighted by molar-refractivity contribution is -0.140. The minimum absolute atomic E-state index is 0.0894. The number of carbonyl (C=O) groups is 2. The van der Waals surface area contributed by atoms with E-state index in [1.807, 2.05) is 49.9 Å². The summed E-state index contributed by atoms with van der Waals surface area (Å²) in [6.07, 6.45) is 2.60. The molecule has 4 heterocycles. The number of aryl methyl sites for hydroxylation is 1. The zero-order valence-corrected chi connectivity index (χ0v) is 22.4. The number of amides is 2. The van der Waals surface area contributed by atoms with Crippen LogP contribution in [0, 0.1) is 5.41 Å². The van der Waals surface area contributed by atoms with Gasteiger partial charge in [0, 0.05) is 30.5 Å².